The number of hydrogen-bond acceptors (Lipinski definition) is 7. The topological polar surface area (TPSA) is 125 Å². The standard InChI is InChI=1S/C31H56N2O6/c1-4-5-7-12-26(37-21(2)34)19-27(38-22(3)35)14-13-23-17-30(39-25-10-8-6-9-11-25)29(36)20-28(23)24-15-16-33-31(32)18-24/h23-31,33,36H,4-20,32H2,1-3H3/p+1/t23?,24?,26-,27+,28?,29?,30?,31?/m0/s1. The summed E-state index contributed by atoms with van der Waals surface area (Å²) in [6.45, 7) is 6.09. The molecule has 0 spiro atoms. The molecule has 0 amide bonds. The third-order valence-corrected chi connectivity index (χ3v) is 9.37. The number of aliphatic hydroxyl groups is 1. The largest absolute Gasteiger partial charge is 0.462 e. The fraction of sp³-hybridized carbons (Fsp3) is 0.935. The van der Waals surface area contributed by atoms with E-state index in [1.54, 1.807) is 0 Å². The minimum Gasteiger partial charge on any atom is -0.462 e. The summed E-state index contributed by atoms with van der Waals surface area (Å²) in [7, 11) is 0. The van der Waals surface area contributed by atoms with Crippen LogP contribution in [-0.2, 0) is 23.8 Å². The van der Waals surface area contributed by atoms with Crippen LogP contribution in [0.15, 0.2) is 0 Å². The number of aliphatic hydroxyl groups excluding tert-OH is 1. The quantitative estimate of drug-likeness (QED) is 0.220. The lowest BCUT2D eigenvalue weighted by Crippen LogP contribution is -2.94. The van der Waals surface area contributed by atoms with Gasteiger partial charge in [-0.3, -0.25) is 15.3 Å². The molecule has 5 N–H and O–H groups in total. The molecule has 0 aromatic carbocycles. The molecule has 0 aromatic rings. The maximum atomic E-state index is 12.0. The number of hydrogen-bond donors (Lipinski definition) is 3. The normalized spacial score (nSPS) is 31.8. The van der Waals surface area contributed by atoms with Crippen LogP contribution < -0.4 is 11.1 Å². The van der Waals surface area contributed by atoms with Crippen molar-refractivity contribution in [1.82, 2.24) is 0 Å². The fourth-order valence-corrected chi connectivity index (χ4v) is 7.47. The first-order chi connectivity index (χ1) is 18.7. The molecule has 2 aliphatic carbocycles. The highest BCUT2D eigenvalue weighted by molar-refractivity contribution is 5.66. The minimum atomic E-state index is -0.438. The second kappa shape index (κ2) is 16.9. The Hall–Kier alpha value is -1.22. The van der Waals surface area contributed by atoms with Gasteiger partial charge in [-0.25, -0.2) is 0 Å². The van der Waals surface area contributed by atoms with Crippen LogP contribution in [0.25, 0.3) is 0 Å². The van der Waals surface area contributed by atoms with Crippen molar-refractivity contribution in [2.24, 2.45) is 23.5 Å². The Morgan fingerprint density at radius 1 is 0.949 bits per heavy atom. The summed E-state index contributed by atoms with van der Waals surface area (Å²) >= 11 is 0. The summed E-state index contributed by atoms with van der Waals surface area (Å²) in [5, 5.41) is 13.4. The first kappa shape index (κ1) is 32.3. The Morgan fingerprint density at radius 3 is 2.28 bits per heavy atom. The molecule has 1 heterocycles. The number of ether oxygens (including phenoxy) is 3. The van der Waals surface area contributed by atoms with E-state index in [1.807, 2.05) is 0 Å². The summed E-state index contributed by atoms with van der Waals surface area (Å²) in [6.07, 6.45) is 15.0. The summed E-state index contributed by atoms with van der Waals surface area (Å²) in [5.74, 6) is 0.682. The molecule has 3 fully saturated rings. The molecular weight excluding hydrogens is 496 g/mol. The molecule has 8 nitrogen and oxygen atoms in total. The molecule has 226 valence electrons. The van der Waals surface area contributed by atoms with Gasteiger partial charge in [0.1, 0.15) is 18.4 Å². The molecule has 1 aliphatic heterocycles. The van der Waals surface area contributed by atoms with E-state index in [9.17, 15) is 14.7 Å². The van der Waals surface area contributed by atoms with Crippen LogP contribution in [0.2, 0.25) is 0 Å². The van der Waals surface area contributed by atoms with Gasteiger partial charge in [-0.2, -0.15) is 0 Å². The first-order valence-corrected chi connectivity index (χ1v) is 16.0. The first-order valence-electron chi connectivity index (χ1n) is 16.0. The lowest BCUT2D eigenvalue weighted by molar-refractivity contribution is -0.699. The summed E-state index contributed by atoms with van der Waals surface area (Å²) < 4.78 is 18.0. The fourth-order valence-electron chi connectivity index (χ4n) is 7.47. The number of nitrogens with two attached hydrogens (primary N) is 2. The molecule has 2 saturated carbocycles. The van der Waals surface area contributed by atoms with Crippen LogP contribution in [0.1, 0.15) is 124 Å². The maximum absolute atomic E-state index is 12.0. The van der Waals surface area contributed by atoms with Crippen LogP contribution in [0, 0.1) is 17.8 Å². The summed E-state index contributed by atoms with van der Waals surface area (Å²) in [4.78, 5) is 23.8. The molecule has 6 unspecified atom stereocenters. The van der Waals surface area contributed by atoms with Crippen molar-refractivity contribution in [3.05, 3.63) is 0 Å². The molecule has 0 bridgehead atoms. The van der Waals surface area contributed by atoms with E-state index in [2.05, 4.69) is 12.2 Å². The van der Waals surface area contributed by atoms with Crippen molar-refractivity contribution in [1.29, 1.82) is 0 Å². The molecule has 1 saturated heterocycles. The molecular formula is C31H57N2O6+. The lowest BCUT2D eigenvalue weighted by Gasteiger charge is -2.45. The van der Waals surface area contributed by atoms with E-state index >= 15 is 0 Å². The Morgan fingerprint density at radius 2 is 1.64 bits per heavy atom. The second-order valence-corrected chi connectivity index (χ2v) is 12.6. The van der Waals surface area contributed by atoms with Crippen LogP contribution >= 0.6 is 0 Å². The van der Waals surface area contributed by atoms with Crippen LogP contribution in [0.3, 0.4) is 0 Å². The van der Waals surface area contributed by atoms with E-state index in [4.69, 9.17) is 19.9 Å². The number of carbonyl (C=O) groups is 2. The van der Waals surface area contributed by atoms with Crippen molar-refractivity contribution in [3.8, 4) is 0 Å². The van der Waals surface area contributed by atoms with Gasteiger partial charge < -0.3 is 24.6 Å². The average molecular weight is 554 g/mol. The zero-order valence-electron chi connectivity index (χ0n) is 24.9. The monoisotopic (exact) mass is 553 g/mol. The van der Waals surface area contributed by atoms with Crippen LogP contribution in [-0.4, -0.2) is 60.3 Å². The lowest BCUT2D eigenvalue weighted by atomic mass is 9.66. The average Bonchev–Trinajstić information content (AvgIpc) is 2.88. The van der Waals surface area contributed by atoms with Gasteiger partial charge in [0.05, 0.1) is 24.9 Å². The van der Waals surface area contributed by atoms with Gasteiger partial charge in [0.15, 0.2) is 0 Å². The molecule has 8 heteroatoms. The number of quaternary nitrogens is 1. The SMILES string of the molecule is CCCCC[C@@H](C[C@@H](CCC1CC(OC2CCCCC2)C(O)CC1C1CC[NH2+]C(N)C1)OC(C)=O)OC(C)=O. The molecule has 8 atom stereocenters. The van der Waals surface area contributed by atoms with E-state index in [0.29, 0.717) is 24.2 Å². The van der Waals surface area contributed by atoms with Gasteiger partial charge in [0, 0.05) is 26.7 Å². The smallest absolute Gasteiger partial charge is 0.302 e. The zero-order chi connectivity index (χ0) is 28.2. The van der Waals surface area contributed by atoms with E-state index in [0.717, 1.165) is 83.6 Å². The van der Waals surface area contributed by atoms with E-state index in [-0.39, 0.29) is 42.5 Å². The van der Waals surface area contributed by atoms with Gasteiger partial charge in [0.25, 0.3) is 0 Å². The van der Waals surface area contributed by atoms with Crippen molar-refractivity contribution in [3.63, 3.8) is 0 Å². The number of piperidine rings is 1. The molecule has 3 aliphatic rings. The van der Waals surface area contributed by atoms with Crippen molar-refractivity contribution in [2.45, 2.75) is 160 Å². The third kappa shape index (κ3) is 11.3. The highest BCUT2D eigenvalue weighted by atomic mass is 16.6. The molecule has 0 radical (unpaired) electrons. The Kier molecular flexibility index (Phi) is 14.0. The predicted octanol–water partition coefficient (Wildman–Crippen LogP) is 3.96. The number of unbranched alkanes of at least 4 members (excludes halogenated alkanes) is 2. The van der Waals surface area contributed by atoms with E-state index < -0.39 is 6.10 Å². The van der Waals surface area contributed by atoms with Gasteiger partial charge in [-0.1, -0.05) is 39.0 Å². The van der Waals surface area contributed by atoms with Crippen molar-refractivity contribution < 1.29 is 34.2 Å². The summed E-state index contributed by atoms with van der Waals surface area (Å²) in [6, 6.07) is 0. The van der Waals surface area contributed by atoms with Crippen molar-refractivity contribution in [2.75, 3.05) is 6.54 Å². The predicted molar refractivity (Wildman–Crippen MR) is 151 cm³/mol. The second-order valence-electron chi connectivity index (χ2n) is 12.6. The number of rotatable bonds is 14. The molecule has 0 aromatic heterocycles. The zero-order valence-corrected chi connectivity index (χ0v) is 24.9. The van der Waals surface area contributed by atoms with Gasteiger partial charge in [-0.15, -0.1) is 0 Å². The Balaban J connectivity index is 1.69. The Bertz CT molecular complexity index is 730. The minimum absolute atomic E-state index is 0.124. The van der Waals surface area contributed by atoms with Gasteiger partial charge in [-0.05, 0) is 75.5 Å². The van der Waals surface area contributed by atoms with Crippen LogP contribution in [0.5, 0.6) is 0 Å². The highest BCUT2D eigenvalue weighted by Gasteiger charge is 2.43. The maximum Gasteiger partial charge on any atom is 0.302 e. The van der Waals surface area contributed by atoms with Crippen molar-refractivity contribution >= 4 is 11.9 Å². The number of esters is 2. The van der Waals surface area contributed by atoms with Crippen LogP contribution in [0.4, 0.5) is 0 Å². The Labute approximate surface area is 236 Å². The molecule has 3 rings (SSSR count). The highest BCUT2D eigenvalue weighted by Crippen LogP contribution is 2.43. The van der Waals surface area contributed by atoms with Gasteiger partial charge >= 0.3 is 11.9 Å². The summed E-state index contributed by atoms with van der Waals surface area (Å²) in [5.41, 5.74) is 6.34. The third-order valence-electron chi connectivity index (χ3n) is 9.37. The molecule has 39 heavy (non-hydrogen) atoms. The van der Waals surface area contributed by atoms with Gasteiger partial charge in [0.2, 0.25) is 0 Å². The number of carbonyl (C=O) groups excluding carboxylic acids is 2. The van der Waals surface area contributed by atoms with E-state index in [1.165, 1.54) is 33.1 Å².